The predicted molar refractivity (Wildman–Crippen MR) is 53.9 cm³/mol. The molecule has 0 radical (unpaired) electrons. The van der Waals surface area contributed by atoms with Gasteiger partial charge in [0.2, 0.25) is 15.9 Å². The van der Waals surface area contributed by atoms with Crippen molar-refractivity contribution < 1.29 is 44.4 Å². The van der Waals surface area contributed by atoms with Gasteiger partial charge >= 0.3 is 18.2 Å². The third kappa shape index (κ3) is 3.94. The summed E-state index contributed by atoms with van der Waals surface area (Å²) in [5, 5.41) is 15.2. The first kappa shape index (κ1) is 17.9. The zero-order valence-electron chi connectivity index (χ0n) is 9.77. The van der Waals surface area contributed by atoms with Crippen molar-refractivity contribution >= 4 is 15.7 Å². The maximum absolute atomic E-state index is 12.8. The summed E-state index contributed by atoms with van der Waals surface area (Å²) in [7, 11) is -5.06. The second-order valence-electron chi connectivity index (χ2n) is 3.50. The van der Waals surface area contributed by atoms with Crippen molar-refractivity contribution in [3.8, 4) is 5.88 Å². The standard InChI is InChI=1S/C7H3F6N3O5S/c8-6(9,10)3-4(16(17)18)2(22(14,19)20)1-15-5(3)21-7(11,12)13/h1H,(H2,14,19,20). The van der Waals surface area contributed by atoms with Gasteiger partial charge in [0.15, 0.2) is 10.5 Å². The monoisotopic (exact) mass is 355 g/mol. The lowest BCUT2D eigenvalue weighted by Crippen LogP contribution is -2.24. The molecule has 1 aromatic heterocycles. The van der Waals surface area contributed by atoms with Crippen molar-refractivity contribution in [2.45, 2.75) is 17.4 Å². The quantitative estimate of drug-likeness (QED) is 0.498. The number of pyridine rings is 1. The van der Waals surface area contributed by atoms with Gasteiger partial charge in [0, 0.05) is 0 Å². The topological polar surface area (TPSA) is 125 Å². The van der Waals surface area contributed by atoms with Crippen LogP contribution in [0.1, 0.15) is 5.56 Å². The first-order chi connectivity index (χ1) is 9.64. The van der Waals surface area contributed by atoms with Gasteiger partial charge in [-0.2, -0.15) is 13.2 Å². The summed E-state index contributed by atoms with van der Waals surface area (Å²) in [6, 6.07) is 0. The number of sulfonamides is 1. The Bertz CT molecular complexity index is 713. The molecule has 0 fully saturated rings. The molecule has 8 nitrogen and oxygen atoms in total. The van der Waals surface area contributed by atoms with E-state index in [9.17, 15) is 44.9 Å². The number of hydrogen-bond acceptors (Lipinski definition) is 6. The van der Waals surface area contributed by atoms with Crippen LogP contribution < -0.4 is 9.88 Å². The number of primary sulfonamides is 1. The number of nitrogens with zero attached hydrogens (tertiary/aromatic N) is 2. The zero-order chi connectivity index (χ0) is 17.5. The molecule has 124 valence electrons. The molecule has 0 spiro atoms. The molecule has 0 atom stereocenters. The van der Waals surface area contributed by atoms with Crippen LogP contribution in [0.15, 0.2) is 11.1 Å². The second kappa shape index (κ2) is 5.24. The van der Waals surface area contributed by atoms with E-state index in [2.05, 4.69) is 14.9 Å². The van der Waals surface area contributed by atoms with Crippen molar-refractivity contribution in [2.24, 2.45) is 5.14 Å². The van der Waals surface area contributed by atoms with E-state index >= 15 is 0 Å². The van der Waals surface area contributed by atoms with Crippen molar-refractivity contribution in [1.82, 2.24) is 4.98 Å². The number of ether oxygens (including phenoxy) is 1. The molecule has 0 unspecified atom stereocenters. The molecule has 22 heavy (non-hydrogen) atoms. The van der Waals surface area contributed by atoms with Gasteiger partial charge in [-0.3, -0.25) is 10.1 Å². The molecule has 15 heteroatoms. The van der Waals surface area contributed by atoms with Crippen LogP contribution >= 0.6 is 0 Å². The Morgan fingerprint density at radius 1 is 1.23 bits per heavy atom. The fourth-order valence-electron chi connectivity index (χ4n) is 1.30. The first-order valence-electron chi connectivity index (χ1n) is 4.67. The Kier molecular flexibility index (Phi) is 4.26. The summed E-state index contributed by atoms with van der Waals surface area (Å²) in [6.07, 6.45) is -11.6. The summed E-state index contributed by atoms with van der Waals surface area (Å²) in [5.41, 5.74) is -4.84. The highest BCUT2D eigenvalue weighted by Gasteiger charge is 2.48. The second-order valence-corrected chi connectivity index (χ2v) is 5.03. The third-order valence-electron chi connectivity index (χ3n) is 1.97. The highest BCUT2D eigenvalue weighted by Crippen LogP contribution is 2.44. The van der Waals surface area contributed by atoms with Crippen molar-refractivity contribution in [3.63, 3.8) is 0 Å². The van der Waals surface area contributed by atoms with Crippen LogP contribution in [0.3, 0.4) is 0 Å². The van der Waals surface area contributed by atoms with Gasteiger partial charge in [0.1, 0.15) is 0 Å². The molecule has 0 saturated heterocycles. The molecule has 1 aromatic rings. The smallest absolute Gasteiger partial charge is 0.387 e. The van der Waals surface area contributed by atoms with Crippen LogP contribution in [-0.4, -0.2) is 24.7 Å². The molecule has 0 aliphatic heterocycles. The van der Waals surface area contributed by atoms with Crippen molar-refractivity contribution in [3.05, 3.63) is 21.9 Å². The maximum atomic E-state index is 12.8. The molecule has 2 N–H and O–H groups in total. The van der Waals surface area contributed by atoms with Gasteiger partial charge in [-0.1, -0.05) is 0 Å². The van der Waals surface area contributed by atoms with Crippen LogP contribution in [0.5, 0.6) is 5.88 Å². The molecule has 0 aliphatic rings. The van der Waals surface area contributed by atoms with E-state index in [1.165, 1.54) is 0 Å². The average Bonchev–Trinajstić information content (AvgIpc) is 2.22. The number of rotatable bonds is 3. The summed E-state index contributed by atoms with van der Waals surface area (Å²) in [4.78, 5) is 9.63. The van der Waals surface area contributed by atoms with Gasteiger partial charge in [0.25, 0.3) is 0 Å². The van der Waals surface area contributed by atoms with Crippen LogP contribution in [0.4, 0.5) is 32.0 Å². The predicted octanol–water partition coefficient (Wildman–Crippen LogP) is 1.55. The molecular weight excluding hydrogens is 352 g/mol. The normalized spacial score (nSPS) is 13.0. The number of alkyl halides is 6. The SMILES string of the molecule is NS(=O)(=O)c1cnc(OC(F)(F)F)c(C(F)(F)F)c1[N+](=O)[O-]. The van der Waals surface area contributed by atoms with E-state index in [4.69, 9.17) is 0 Å². The third-order valence-corrected chi connectivity index (χ3v) is 2.88. The summed E-state index contributed by atoms with van der Waals surface area (Å²) < 4.78 is 99.5. The van der Waals surface area contributed by atoms with Gasteiger partial charge in [-0.25, -0.2) is 18.5 Å². The lowest BCUT2D eigenvalue weighted by atomic mass is 10.2. The molecule has 1 rings (SSSR count). The number of aromatic nitrogens is 1. The largest absolute Gasteiger partial charge is 0.574 e. The van der Waals surface area contributed by atoms with E-state index < -0.39 is 49.5 Å². The van der Waals surface area contributed by atoms with E-state index in [0.29, 0.717) is 0 Å². The molecule has 0 bridgehead atoms. The Morgan fingerprint density at radius 3 is 2.05 bits per heavy atom. The van der Waals surface area contributed by atoms with Gasteiger partial charge in [-0.15, -0.1) is 13.2 Å². The lowest BCUT2D eigenvalue weighted by Gasteiger charge is -2.15. The van der Waals surface area contributed by atoms with Crippen molar-refractivity contribution in [1.29, 1.82) is 0 Å². The minimum Gasteiger partial charge on any atom is -0.387 e. The van der Waals surface area contributed by atoms with Crippen LogP contribution in [-0.2, 0) is 16.2 Å². The van der Waals surface area contributed by atoms with E-state index in [-0.39, 0.29) is 6.20 Å². The highest BCUT2D eigenvalue weighted by atomic mass is 32.2. The van der Waals surface area contributed by atoms with Crippen LogP contribution in [0.25, 0.3) is 0 Å². The molecule has 0 aliphatic carbocycles. The summed E-state index contributed by atoms with van der Waals surface area (Å²) in [6.45, 7) is 0. The average molecular weight is 355 g/mol. The van der Waals surface area contributed by atoms with E-state index in [1.807, 2.05) is 0 Å². The zero-order valence-corrected chi connectivity index (χ0v) is 10.6. The van der Waals surface area contributed by atoms with Crippen molar-refractivity contribution in [2.75, 3.05) is 0 Å². The minimum absolute atomic E-state index is 0.135. The Labute approximate surface area is 116 Å². The molecule has 0 saturated carbocycles. The summed E-state index contributed by atoms with van der Waals surface area (Å²) >= 11 is 0. The highest BCUT2D eigenvalue weighted by molar-refractivity contribution is 7.89. The van der Waals surface area contributed by atoms with E-state index in [0.717, 1.165) is 0 Å². The molecular formula is C7H3F6N3O5S. The fourth-order valence-corrected chi connectivity index (χ4v) is 1.95. The fraction of sp³-hybridized carbons (Fsp3) is 0.286. The van der Waals surface area contributed by atoms with Crippen LogP contribution in [0.2, 0.25) is 0 Å². The van der Waals surface area contributed by atoms with Gasteiger partial charge in [0.05, 0.1) is 11.1 Å². The Balaban J connectivity index is 3.86. The van der Waals surface area contributed by atoms with E-state index in [1.54, 1.807) is 0 Å². The molecule has 0 aromatic carbocycles. The lowest BCUT2D eigenvalue weighted by molar-refractivity contribution is -0.391. The number of hydrogen-bond donors (Lipinski definition) is 1. The van der Waals surface area contributed by atoms with Gasteiger partial charge < -0.3 is 4.74 Å². The minimum atomic E-state index is -5.77. The number of halogens is 6. The maximum Gasteiger partial charge on any atom is 0.574 e. The Hall–Kier alpha value is -2.16. The number of nitrogens with two attached hydrogens (primary N) is 1. The first-order valence-corrected chi connectivity index (χ1v) is 6.22. The summed E-state index contributed by atoms with van der Waals surface area (Å²) in [5.74, 6) is -2.22. The number of nitro groups is 1. The molecule has 0 amide bonds. The Morgan fingerprint density at radius 2 is 1.73 bits per heavy atom. The van der Waals surface area contributed by atoms with Crippen LogP contribution in [0, 0.1) is 10.1 Å². The van der Waals surface area contributed by atoms with Gasteiger partial charge in [-0.05, 0) is 0 Å². The molecule has 1 heterocycles.